The molecule has 0 bridgehead atoms. The minimum atomic E-state index is 0.306. The Bertz CT molecular complexity index is 659. The van der Waals surface area contributed by atoms with Crippen LogP contribution in [-0.2, 0) is 11.3 Å². The van der Waals surface area contributed by atoms with Crippen LogP contribution in [0.2, 0.25) is 0 Å². The smallest absolute Gasteiger partial charge is 0.222 e. The summed E-state index contributed by atoms with van der Waals surface area (Å²) in [6.07, 6.45) is 6.36. The topological polar surface area (TPSA) is 45.2 Å². The summed E-state index contributed by atoms with van der Waals surface area (Å²) in [4.78, 5) is 18.5. The van der Waals surface area contributed by atoms with E-state index in [-0.39, 0.29) is 0 Å². The molecule has 1 aromatic heterocycles. The zero-order valence-corrected chi connectivity index (χ0v) is 14.9. The zero-order chi connectivity index (χ0) is 17.5. The quantitative estimate of drug-likeness (QED) is 0.751. The first-order valence-electron chi connectivity index (χ1n) is 9.18. The standard InChI is InChI=1S/C21H27N3O/c1-17(19-7-3-2-4-8-19)16-24-20(9-10-21(24)25)11-13-23-15-18-6-5-12-22-14-18/h2-8,12,14,17,20,23H,9-11,13,15-16H2,1H3/t17-,20+/m1/s1. The number of carbonyl (C=O) groups is 1. The van der Waals surface area contributed by atoms with Gasteiger partial charge in [0.2, 0.25) is 5.91 Å². The number of pyridine rings is 1. The molecule has 1 aliphatic rings. The largest absolute Gasteiger partial charge is 0.339 e. The van der Waals surface area contributed by atoms with Crippen LogP contribution >= 0.6 is 0 Å². The fourth-order valence-corrected chi connectivity index (χ4v) is 3.53. The van der Waals surface area contributed by atoms with Gasteiger partial charge in [0.1, 0.15) is 0 Å². The molecule has 0 aliphatic carbocycles. The molecule has 25 heavy (non-hydrogen) atoms. The zero-order valence-electron chi connectivity index (χ0n) is 14.9. The third-order valence-corrected chi connectivity index (χ3v) is 5.00. The van der Waals surface area contributed by atoms with Crippen molar-refractivity contribution in [3.63, 3.8) is 0 Å². The normalized spacial score (nSPS) is 18.5. The van der Waals surface area contributed by atoms with E-state index >= 15 is 0 Å². The number of hydrogen-bond acceptors (Lipinski definition) is 3. The Hall–Kier alpha value is -2.20. The summed E-state index contributed by atoms with van der Waals surface area (Å²) in [5.41, 5.74) is 2.50. The predicted molar refractivity (Wildman–Crippen MR) is 100 cm³/mol. The Morgan fingerprint density at radius 2 is 2.08 bits per heavy atom. The Kier molecular flexibility index (Phi) is 6.18. The summed E-state index contributed by atoms with van der Waals surface area (Å²) in [7, 11) is 0. The fraction of sp³-hybridized carbons (Fsp3) is 0.429. The lowest BCUT2D eigenvalue weighted by molar-refractivity contribution is -0.129. The first kappa shape index (κ1) is 17.6. The Labute approximate surface area is 150 Å². The third-order valence-electron chi connectivity index (χ3n) is 5.00. The maximum absolute atomic E-state index is 12.3. The van der Waals surface area contributed by atoms with Gasteiger partial charge in [0.05, 0.1) is 0 Å². The number of amides is 1. The van der Waals surface area contributed by atoms with Gasteiger partial charge in [-0.1, -0.05) is 43.3 Å². The van der Waals surface area contributed by atoms with Crippen LogP contribution in [0.3, 0.4) is 0 Å². The number of likely N-dealkylation sites (tertiary alicyclic amines) is 1. The lowest BCUT2D eigenvalue weighted by atomic mass is 10.00. The highest BCUT2D eigenvalue weighted by atomic mass is 16.2. The lowest BCUT2D eigenvalue weighted by Crippen LogP contribution is -2.37. The van der Waals surface area contributed by atoms with Crippen molar-refractivity contribution in [3.8, 4) is 0 Å². The Balaban J connectivity index is 1.48. The number of aromatic nitrogens is 1. The molecule has 1 N–H and O–H groups in total. The van der Waals surface area contributed by atoms with E-state index in [4.69, 9.17) is 0 Å². The molecule has 0 saturated carbocycles. The molecular formula is C21H27N3O. The first-order chi connectivity index (χ1) is 12.2. The number of benzene rings is 1. The van der Waals surface area contributed by atoms with E-state index in [1.165, 1.54) is 11.1 Å². The van der Waals surface area contributed by atoms with Gasteiger partial charge >= 0.3 is 0 Å². The van der Waals surface area contributed by atoms with Crippen molar-refractivity contribution >= 4 is 5.91 Å². The average molecular weight is 337 g/mol. The van der Waals surface area contributed by atoms with Crippen LogP contribution in [0.5, 0.6) is 0 Å². The first-order valence-corrected chi connectivity index (χ1v) is 9.18. The Morgan fingerprint density at radius 3 is 2.84 bits per heavy atom. The minimum Gasteiger partial charge on any atom is -0.339 e. The Morgan fingerprint density at radius 1 is 1.24 bits per heavy atom. The van der Waals surface area contributed by atoms with Gasteiger partial charge in [-0.25, -0.2) is 0 Å². The molecule has 4 nitrogen and oxygen atoms in total. The van der Waals surface area contributed by atoms with Crippen LogP contribution in [0, 0.1) is 0 Å². The van der Waals surface area contributed by atoms with E-state index in [0.29, 0.717) is 24.3 Å². The number of rotatable bonds is 8. The van der Waals surface area contributed by atoms with E-state index in [2.05, 4.69) is 52.5 Å². The number of nitrogens with one attached hydrogen (secondary N) is 1. The van der Waals surface area contributed by atoms with Gasteiger partial charge in [-0.05, 0) is 42.5 Å². The number of carbonyl (C=O) groups excluding carboxylic acids is 1. The van der Waals surface area contributed by atoms with Crippen LogP contribution < -0.4 is 5.32 Å². The predicted octanol–water partition coefficient (Wildman–Crippen LogP) is 3.36. The van der Waals surface area contributed by atoms with Crippen LogP contribution in [0.15, 0.2) is 54.9 Å². The minimum absolute atomic E-state index is 0.306. The van der Waals surface area contributed by atoms with E-state index in [1.54, 1.807) is 6.20 Å². The maximum Gasteiger partial charge on any atom is 0.222 e. The van der Waals surface area contributed by atoms with E-state index in [0.717, 1.165) is 32.5 Å². The summed E-state index contributed by atoms with van der Waals surface area (Å²) in [5, 5.41) is 3.47. The van der Waals surface area contributed by atoms with Gasteiger partial charge in [0, 0.05) is 37.9 Å². The molecule has 0 radical (unpaired) electrons. The molecule has 132 valence electrons. The average Bonchev–Trinajstić information content (AvgIpc) is 3.00. The molecule has 4 heteroatoms. The molecule has 2 aromatic rings. The van der Waals surface area contributed by atoms with Gasteiger partial charge < -0.3 is 10.2 Å². The number of nitrogens with zero attached hydrogens (tertiary/aromatic N) is 2. The molecule has 2 heterocycles. The van der Waals surface area contributed by atoms with Crippen LogP contribution in [-0.4, -0.2) is 34.9 Å². The van der Waals surface area contributed by atoms with Crippen molar-refractivity contribution < 1.29 is 4.79 Å². The van der Waals surface area contributed by atoms with Crippen molar-refractivity contribution in [2.75, 3.05) is 13.1 Å². The van der Waals surface area contributed by atoms with Crippen molar-refractivity contribution in [1.29, 1.82) is 0 Å². The second-order valence-electron chi connectivity index (χ2n) is 6.88. The van der Waals surface area contributed by atoms with Crippen molar-refractivity contribution in [2.45, 2.75) is 44.7 Å². The van der Waals surface area contributed by atoms with Crippen molar-refractivity contribution in [3.05, 3.63) is 66.0 Å². The summed E-state index contributed by atoms with van der Waals surface area (Å²) in [6, 6.07) is 14.9. The van der Waals surface area contributed by atoms with E-state index < -0.39 is 0 Å². The lowest BCUT2D eigenvalue weighted by Gasteiger charge is -2.28. The molecule has 2 atom stereocenters. The van der Waals surface area contributed by atoms with E-state index in [9.17, 15) is 4.79 Å². The molecule has 0 unspecified atom stereocenters. The molecule has 1 aliphatic heterocycles. The SMILES string of the molecule is C[C@H](CN1C(=O)CC[C@H]1CCNCc1cccnc1)c1ccccc1. The fourth-order valence-electron chi connectivity index (χ4n) is 3.53. The summed E-state index contributed by atoms with van der Waals surface area (Å²) in [6.45, 7) is 4.77. The highest BCUT2D eigenvalue weighted by molar-refractivity contribution is 5.78. The highest BCUT2D eigenvalue weighted by Gasteiger charge is 2.31. The van der Waals surface area contributed by atoms with Crippen LogP contribution in [0.4, 0.5) is 0 Å². The molecule has 1 amide bonds. The van der Waals surface area contributed by atoms with Crippen molar-refractivity contribution in [1.82, 2.24) is 15.2 Å². The van der Waals surface area contributed by atoms with Gasteiger partial charge in [0.25, 0.3) is 0 Å². The molecule has 1 saturated heterocycles. The van der Waals surface area contributed by atoms with E-state index in [1.807, 2.05) is 18.3 Å². The summed E-state index contributed by atoms with van der Waals surface area (Å²) in [5.74, 6) is 0.675. The third kappa shape index (κ3) is 4.89. The van der Waals surface area contributed by atoms with Gasteiger partial charge in [-0.15, -0.1) is 0 Å². The summed E-state index contributed by atoms with van der Waals surface area (Å²) < 4.78 is 0. The van der Waals surface area contributed by atoms with Gasteiger partial charge in [-0.2, -0.15) is 0 Å². The second kappa shape index (κ2) is 8.77. The van der Waals surface area contributed by atoms with Gasteiger partial charge in [-0.3, -0.25) is 9.78 Å². The van der Waals surface area contributed by atoms with Crippen LogP contribution in [0.1, 0.15) is 43.2 Å². The molecule has 0 spiro atoms. The molecule has 1 fully saturated rings. The van der Waals surface area contributed by atoms with Gasteiger partial charge in [0.15, 0.2) is 0 Å². The molecular weight excluding hydrogens is 310 g/mol. The van der Waals surface area contributed by atoms with Crippen molar-refractivity contribution in [2.24, 2.45) is 0 Å². The monoisotopic (exact) mass is 337 g/mol. The second-order valence-corrected chi connectivity index (χ2v) is 6.88. The number of hydrogen-bond donors (Lipinski definition) is 1. The maximum atomic E-state index is 12.3. The molecule has 1 aromatic carbocycles. The summed E-state index contributed by atoms with van der Waals surface area (Å²) >= 11 is 0. The highest BCUT2D eigenvalue weighted by Crippen LogP contribution is 2.25. The molecule has 3 rings (SSSR count). The van der Waals surface area contributed by atoms with Crippen LogP contribution in [0.25, 0.3) is 0 Å².